The predicted octanol–water partition coefficient (Wildman–Crippen LogP) is 3.32. The summed E-state index contributed by atoms with van der Waals surface area (Å²) < 4.78 is 1.95. The van der Waals surface area contributed by atoms with E-state index in [-0.39, 0.29) is 10.7 Å². The van der Waals surface area contributed by atoms with Crippen LogP contribution in [0.4, 0.5) is 0 Å². The topological polar surface area (TPSA) is 63.1 Å². The molecule has 0 atom stereocenters. The molecule has 0 spiro atoms. The lowest BCUT2D eigenvalue weighted by Gasteiger charge is -2.16. The maximum absolute atomic E-state index is 12.0. The minimum absolute atomic E-state index is 0.00187. The Morgan fingerprint density at radius 1 is 1.00 bits per heavy atom. The third-order valence-corrected chi connectivity index (χ3v) is 4.46. The van der Waals surface area contributed by atoms with Gasteiger partial charge in [-0.05, 0) is 62.0 Å². The van der Waals surface area contributed by atoms with Gasteiger partial charge in [-0.15, -0.1) is 0 Å². The second kappa shape index (κ2) is 6.63. The maximum atomic E-state index is 12.0. The van der Waals surface area contributed by atoms with Crippen molar-refractivity contribution >= 4 is 58.4 Å². The van der Waals surface area contributed by atoms with E-state index in [1.54, 1.807) is 18.2 Å². The predicted molar refractivity (Wildman–Crippen MR) is 102 cm³/mol. The standard InChI is InChI=1S/C17H13Cl2N3O2S/c1-8-3-10(4-14-15(23)20-17(25)21-16(14)24)9(2)22(8)13-6-11(18)5-12(19)7-13/h3-7H,1-2H3,(H2,20,21,23,24,25). The van der Waals surface area contributed by atoms with E-state index in [4.69, 9.17) is 35.4 Å². The molecule has 0 radical (unpaired) electrons. The largest absolute Gasteiger partial charge is 0.318 e. The summed E-state index contributed by atoms with van der Waals surface area (Å²) in [6.45, 7) is 3.80. The molecule has 0 aliphatic carbocycles. The molecule has 1 aliphatic heterocycles. The minimum atomic E-state index is -0.524. The van der Waals surface area contributed by atoms with Crippen molar-refractivity contribution in [1.82, 2.24) is 15.2 Å². The summed E-state index contributed by atoms with van der Waals surface area (Å²) in [4.78, 5) is 24.0. The number of nitrogens with zero attached hydrogens (tertiary/aromatic N) is 1. The molecule has 25 heavy (non-hydrogen) atoms. The molecule has 1 aromatic heterocycles. The number of aryl methyl sites for hydroxylation is 1. The van der Waals surface area contributed by atoms with Gasteiger partial charge in [-0.3, -0.25) is 20.2 Å². The number of aromatic nitrogens is 1. The van der Waals surface area contributed by atoms with Crippen LogP contribution in [0, 0.1) is 13.8 Å². The van der Waals surface area contributed by atoms with Crippen molar-refractivity contribution in [3.63, 3.8) is 0 Å². The molecule has 0 unspecified atom stereocenters. The third kappa shape index (κ3) is 3.46. The Bertz CT molecular complexity index is 921. The van der Waals surface area contributed by atoms with Crippen LogP contribution in [0.5, 0.6) is 0 Å². The summed E-state index contributed by atoms with van der Waals surface area (Å²) in [5, 5.41) is 5.89. The van der Waals surface area contributed by atoms with Gasteiger partial charge in [0, 0.05) is 27.1 Å². The fourth-order valence-electron chi connectivity index (χ4n) is 2.76. The summed E-state index contributed by atoms with van der Waals surface area (Å²) in [7, 11) is 0. The van der Waals surface area contributed by atoms with Crippen LogP contribution in [0.3, 0.4) is 0 Å². The molecule has 1 saturated heterocycles. The van der Waals surface area contributed by atoms with Gasteiger partial charge in [0.05, 0.1) is 0 Å². The number of amides is 2. The quantitative estimate of drug-likeness (QED) is 0.467. The molecule has 0 bridgehead atoms. The number of carbonyl (C=O) groups is 2. The summed E-state index contributed by atoms with van der Waals surface area (Å²) in [6, 6.07) is 7.12. The van der Waals surface area contributed by atoms with Gasteiger partial charge in [-0.25, -0.2) is 0 Å². The lowest BCUT2D eigenvalue weighted by atomic mass is 10.1. The van der Waals surface area contributed by atoms with Gasteiger partial charge in [0.25, 0.3) is 11.8 Å². The first kappa shape index (κ1) is 17.7. The minimum Gasteiger partial charge on any atom is -0.318 e. The second-order valence-corrected chi connectivity index (χ2v) is 6.87. The monoisotopic (exact) mass is 393 g/mol. The highest BCUT2D eigenvalue weighted by Gasteiger charge is 2.26. The Morgan fingerprint density at radius 2 is 1.56 bits per heavy atom. The highest BCUT2D eigenvalue weighted by molar-refractivity contribution is 7.80. The SMILES string of the molecule is Cc1cc(C=C2C(=O)NC(=S)NC2=O)c(C)n1-c1cc(Cl)cc(Cl)c1. The lowest BCUT2D eigenvalue weighted by Crippen LogP contribution is -2.51. The van der Waals surface area contributed by atoms with Gasteiger partial charge in [-0.2, -0.15) is 0 Å². The van der Waals surface area contributed by atoms with E-state index < -0.39 is 11.8 Å². The van der Waals surface area contributed by atoms with Crippen LogP contribution in [-0.4, -0.2) is 21.5 Å². The first-order valence-electron chi connectivity index (χ1n) is 7.30. The number of rotatable bonds is 2. The summed E-state index contributed by atoms with van der Waals surface area (Å²) in [5.74, 6) is -1.05. The van der Waals surface area contributed by atoms with Crippen LogP contribution in [0.25, 0.3) is 11.8 Å². The lowest BCUT2D eigenvalue weighted by molar-refractivity contribution is -0.123. The molecule has 2 N–H and O–H groups in total. The van der Waals surface area contributed by atoms with Crippen molar-refractivity contribution in [2.45, 2.75) is 13.8 Å². The van der Waals surface area contributed by atoms with Crippen molar-refractivity contribution in [2.75, 3.05) is 0 Å². The molecular weight excluding hydrogens is 381 g/mol. The van der Waals surface area contributed by atoms with Crippen LogP contribution in [-0.2, 0) is 9.59 Å². The Labute approximate surface area is 159 Å². The molecule has 2 amide bonds. The van der Waals surface area contributed by atoms with E-state index in [2.05, 4.69) is 10.6 Å². The molecule has 8 heteroatoms. The van der Waals surface area contributed by atoms with Crippen molar-refractivity contribution in [3.8, 4) is 5.69 Å². The van der Waals surface area contributed by atoms with Crippen molar-refractivity contribution in [2.24, 2.45) is 0 Å². The van der Waals surface area contributed by atoms with Crippen molar-refractivity contribution in [1.29, 1.82) is 0 Å². The molecular formula is C17H13Cl2N3O2S. The Morgan fingerprint density at radius 3 is 2.12 bits per heavy atom. The zero-order valence-corrected chi connectivity index (χ0v) is 15.6. The maximum Gasteiger partial charge on any atom is 0.263 e. The molecule has 5 nitrogen and oxygen atoms in total. The van der Waals surface area contributed by atoms with E-state index in [9.17, 15) is 9.59 Å². The average Bonchev–Trinajstić information content (AvgIpc) is 2.76. The van der Waals surface area contributed by atoms with Gasteiger partial charge in [0.1, 0.15) is 5.57 Å². The third-order valence-electron chi connectivity index (χ3n) is 3.82. The fourth-order valence-corrected chi connectivity index (χ4v) is 3.46. The Hall–Kier alpha value is -2.15. The van der Waals surface area contributed by atoms with Crippen LogP contribution < -0.4 is 10.6 Å². The summed E-state index contributed by atoms with van der Waals surface area (Å²) >= 11 is 17.0. The average molecular weight is 394 g/mol. The highest BCUT2D eigenvalue weighted by atomic mass is 35.5. The zero-order chi connectivity index (χ0) is 18.3. The van der Waals surface area contributed by atoms with Crippen molar-refractivity contribution in [3.05, 3.63) is 56.8 Å². The van der Waals surface area contributed by atoms with Gasteiger partial charge in [-0.1, -0.05) is 23.2 Å². The van der Waals surface area contributed by atoms with Crippen LogP contribution >= 0.6 is 35.4 Å². The first-order chi connectivity index (χ1) is 11.8. The van der Waals surface area contributed by atoms with Gasteiger partial charge in [0.2, 0.25) is 0 Å². The van der Waals surface area contributed by atoms with Crippen LogP contribution in [0.2, 0.25) is 10.0 Å². The molecule has 2 heterocycles. The zero-order valence-electron chi connectivity index (χ0n) is 13.3. The molecule has 128 valence electrons. The number of nitrogens with one attached hydrogen (secondary N) is 2. The molecule has 2 aromatic rings. The highest BCUT2D eigenvalue weighted by Crippen LogP contribution is 2.27. The number of benzene rings is 1. The smallest absolute Gasteiger partial charge is 0.263 e. The number of thiocarbonyl (C=S) groups is 1. The molecule has 1 fully saturated rings. The second-order valence-electron chi connectivity index (χ2n) is 5.58. The van der Waals surface area contributed by atoms with Crippen molar-refractivity contribution < 1.29 is 9.59 Å². The van der Waals surface area contributed by atoms with E-state index in [0.29, 0.717) is 10.0 Å². The Kier molecular flexibility index (Phi) is 4.69. The molecule has 1 aliphatic rings. The van der Waals surface area contributed by atoms with Gasteiger partial charge in [0.15, 0.2) is 5.11 Å². The molecule has 1 aromatic carbocycles. The summed E-state index contributed by atoms with van der Waals surface area (Å²) in [6.07, 6.45) is 1.54. The number of hydrogen-bond acceptors (Lipinski definition) is 3. The normalized spacial score (nSPS) is 14.4. The van der Waals surface area contributed by atoms with E-state index in [1.165, 1.54) is 6.08 Å². The number of hydrogen-bond donors (Lipinski definition) is 2. The molecule has 3 rings (SSSR count). The first-order valence-corrected chi connectivity index (χ1v) is 8.46. The number of carbonyl (C=O) groups excluding carboxylic acids is 2. The summed E-state index contributed by atoms with van der Waals surface area (Å²) in [5.41, 5.74) is 3.29. The van der Waals surface area contributed by atoms with E-state index >= 15 is 0 Å². The van der Waals surface area contributed by atoms with Crippen LogP contribution in [0.15, 0.2) is 29.8 Å². The van der Waals surface area contributed by atoms with E-state index in [0.717, 1.165) is 22.6 Å². The number of halogens is 2. The van der Waals surface area contributed by atoms with Gasteiger partial charge >= 0.3 is 0 Å². The van der Waals surface area contributed by atoms with Crippen LogP contribution in [0.1, 0.15) is 17.0 Å². The van der Waals surface area contributed by atoms with E-state index in [1.807, 2.05) is 24.5 Å². The fraction of sp³-hybridized carbons (Fsp3) is 0.118. The Balaban J connectivity index is 2.09. The molecule has 0 saturated carbocycles. The van der Waals surface area contributed by atoms with Gasteiger partial charge < -0.3 is 4.57 Å².